The van der Waals surface area contributed by atoms with E-state index in [1.165, 1.54) is 18.2 Å². The molecule has 7 nitrogen and oxygen atoms in total. The van der Waals surface area contributed by atoms with E-state index in [1.807, 2.05) is 0 Å². The second-order valence-corrected chi connectivity index (χ2v) is 7.21. The molecule has 1 fully saturated rings. The monoisotopic (exact) mass is 313 g/mol. The smallest absolute Gasteiger partial charge is 0.312 e. The number of nitrogens with one attached hydrogen (secondary N) is 1. The minimum absolute atomic E-state index is 0.153. The van der Waals surface area contributed by atoms with Crippen LogP contribution in [0, 0.1) is 16.0 Å². The molecule has 8 heteroatoms. The predicted molar refractivity (Wildman–Crippen MR) is 79.3 cm³/mol. The normalized spacial score (nSPS) is 22.9. The third kappa shape index (κ3) is 3.51. The number of sulfonamides is 1. The molecule has 1 aromatic carbocycles. The first-order valence-corrected chi connectivity index (χ1v) is 8.35. The van der Waals surface area contributed by atoms with Crippen LogP contribution < -0.4 is 10.5 Å². The number of nitrogen functional groups attached to an aromatic ring is 1. The number of anilines is 1. The maximum absolute atomic E-state index is 12.4. The van der Waals surface area contributed by atoms with E-state index in [2.05, 4.69) is 11.6 Å². The molecule has 0 spiro atoms. The van der Waals surface area contributed by atoms with Gasteiger partial charge in [0.1, 0.15) is 5.69 Å². The molecular weight excluding hydrogens is 294 g/mol. The summed E-state index contributed by atoms with van der Waals surface area (Å²) in [6, 6.07) is 3.76. The van der Waals surface area contributed by atoms with Crippen LogP contribution >= 0.6 is 0 Å². The fourth-order valence-electron chi connectivity index (χ4n) is 2.61. The van der Waals surface area contributed by atoms with Crippen LogP contribution in [0.25, 0.3) is 0 Å². The van der Waals surface area contributed by atoms with Crippen LogP contribution in [0.1, 0.15) is 32.6 Å². The second-order valence-electron chi connectivity index (χ2n) is 5.53. The molecule has 0 unspecified atom stereocenters. The molecule has 0 aromatic heterocycles. The third-order valence-electron chi connectivity index (χ3n) is 3.84. The van der Waals surface area contributed by atoms with E-state index in [1.54, 1.807) is 0 Å². The van der Waals surface area contributed by atoms with Crippen molar-refractivity contribution >= 4 is 21.4 Å². The molecule has 0 amide bonds. The van der Waals surface area contributed by atoms with Gasteiger partial charge in [-0.3, -0.25) is 10.1 Å². The molecule has 116 valence electrons. The maximum Gasteiger partial charge on any atom is 0.312 e. The highest BCUT2D eigenvalue weighted by atomic mass is 32.2. The molecule has 1 aromatic rings. The fraction of sp³-hybridized carbons (Fsp3) is 0.538. The van der Waals surface area contributed by atoms with Gasteiger partial charge >= 0.3 is 5.69 Å². The summed E-state index contributed by atoms with van der Waals surface area (Å²) in [6.07, 6.45) is 3.39. The number of hydrogen-bond donors (Lipinski definition) is 2. The minimum atomic E-state index is -3.95. The lowest BCUT2D eigenvalue weighted by Crippen LogP contribution is -2.37. The van der Waals surface area contributed by atoms with Crippen LogP contribution in [0.4, 0.5) is 11.4 Å². The van der Waals surface area contributed by atoms with Gasteiger partial charge in [-0.2, -0.15) is 0 Å². The van der Waals surface area contributed by atoms with Gasteiger partial charge in [-0.15, -0.1) is 0 Å². The number of para-hydroxylation sites is 1. The Hall–Kier alpha value is -1.67. The Morgan fingerprint density at radius 2 is 1.90 bits per heavy atom. The molecule has 2 rings (SSSR count). The third-order valence-corrected chi connectivity index (χ3v) is 5.39. The first-order chi connectivity index (χ1) is 9.81. The average molecular weight is 313 g/mol. The summed E-state index contributed by atoms with van der Waals surface area (Å²) >= 11 is 0. The van der Waals surface area contributed by atoms with Crippen molar-refractivity contribution in [3.8, 4) is 0 Å². The van der Waals surface area contributed by atoms with Gasteiger partial charge in [0, 0.05) is 6.04 Å². The van der Waals surface area contributed by atoms with Crippen molar-refractivity contribution in [2.24, 2.45) is 5.92 Å². The molecule has 21 heavy (non-hydrogen) atoms. The number of rotatable bonds is 4. The van der Waals surface area contributed by atoms with E-state index < -0.39 is 20.6 Å². The van der Waals surface area contributed by atoms with Gasteiger partial charge in [-0.05, 0) is 43.7 Å². The summed E-state index contributed by atoms with van der Waals surface area (Å²) in [7, 11) is -3.95. The number of nitro groups is 1. The summed E-state index contributed by atoms with van der Waals surface area (Å²) in [5.41, 5.74) is 4.82. The molecule has 3 N–H and O–H groups in total. The van der Waals surface area contributed by atoms with Crippen molar-refractivity contribution in [2.75, 3.05) is 5.73 Å². The first-order valence-electron chi connectivity index (χ1n) is 6.86. The van der Waals surface area contributed by atoms with Crippen molar-refractivity contribution in [1.82, 2.24) is 4.72 Å². The van der Waals surface area contributed by atoms with E-state index in [4.69, 9.17) is 5.73 Å². The topological polar surface area (TPSA) is 115 Å². The molecule has 0 atom stereocenters. The van der Waals surface area contributed by atoms with Crippen molar-refractivity contribution < 1.29 is 13.3 Å². The molecular formula is C13H19N3O4S. The Kier molecular flexibility index (Phi) is 4.48. The molecule has 0 radical (unpaired) electrons. The van der Waals surface area contributed by atoms with Crippen LogP contribution in [0.15, 0.2) is 23.1 Å². The van der Waals surface area contributed by atoms with Crippen LogP contribution in [-0.4, -0.2) is 19.4 Å². The summed E-state index contributed by atoms with van der Waals surface area (Å²) in [5, 5.41) is 11.1. The minimum Gasteiger partial charge on any atom is -0.393 e. The number of nitrogens with zero attached hydrogens (tertiary/aromatic N) is 1. The van der Waals surface area contributed by atoms with E-state index in [-0.39, 0.29) is 16.6 Å². The number of nitrogens with two attached hydrogens (primary N) is 1. The highest BCUT2D eigenvalue weighted by Gasteiger charge is 2.31. The molecule has 0 heterocycles. The Balaban J connectivity index is 2.28. The van der Waals surface area contributed by atoms with Gasteiger partial charge < -0.3 is 5.73 Å². The van der Waals surface area contributed by atoms with Crippen LogP contribution in [0.3, 0.4) is 0 Å². The largest absolute Gasteiger partial charge is 0.393 e. The summed E-state index contributed by atoms with van der Waals surface area (Å²) in [6.45, 7) is 2.13. The van der Waals surface area contributed by atoms with E-state index in [0.29, 0.717) is 5.92 Å². The Morgan fingerprint density at radius 1 is 1.29 bits per heavy atom. The average Bonchev–Trinajstić information content (AvgIpc) is 2.40. The van der Waals surface area contributed by atoms with E-state index in [9.17, 15) is 18.5 Å². The van der Waals surface area contributed by atoms with Gasteiger partial charge in [0.15, 0.2) is 4.90 Å². The zero-order valence-electron chi connectivity index (χ0n) is 11.8. The Labute approximate surface area is 123 Å². The Bertz CT molecular complexity index is 637. The molecule has 0 aliphatic heterocycles. The van der Waals surface area contributed by atoms with Gasteiger partial charge in [-0.1, -0.05) is 13.0 Å². The number of nitro benzene ring substituents is 1. The van der Waals surface area contributed by atoms with Crippen molar-refractivity contribution in [2.45, 2.75) is 43.5 Å². The molecule has 0 saturated heterocycles. The predicted octanol–water partition coefficient (Wildman–Crippen LogP) is 2.03. The van der Waals surface area contributed by atoms with E-state index >= 15 is 0 Å². The lowest BCUT2D eigenvalue weighted by molar-refractivity contribution is -0.386. The molecule has 0 bridgehead atoms. The molecule has 1 saturated carbocycles. The lowest BCUT2D eigenvalue weighted by atomic mass is 9.88. The summed E-state index contributed by atoms with van der Waals surface area (Å²) in [4.78, 5) is 9.93. The molecule has 1 aliphatic carbocycles. The number of hydrogen-bond acceptors (Lipinski definition) is 5. The van der Waals surface area contributed by atoms with Crippen molar-refractivity contribution in [3.63, 3.8) is 0 Å². The van der Waals surface area contributed by atoms with Crippen LogP contribution in [0.5, 0.6) is 0 Å². The number of benzene rings is 1. The van der Waals surface area contributed by atoms with Crippen LogP contribution in [-0.2, 0) is 10.0 Å². The quantitative estimate of drug-likeness (QED) is 0.501. The van der Waals surface area contributed by atoms with Gasteiger partial charge in [0.25, 0.3) is 0 Å². The van der Waals surface area contributed by atoms with Gasteiger partial charge in [-0.25, -0.2) is 13.1 Å². The highest BCUT2D eigenvalue weighted by molar-refractivity contribution is 7.89. The highest BCUT2D eigenvalue weighted by Crippen LogP contribution is 2.31. The van der Waals surface area contributed by atoms with Gasteiger partial charge in [0.2, 0.25) is 10.0 Å². The van der Waals surface area contributed by atoms with Crippen molar-refractivity contribution in [3.05, 3.63) is 28.3 Å². The van der Waals surface area contributed by atoms with Gasteiger partial charge in [0.05, 0.1) is 4.92 Å². The van der Waals surface area contributed by atoms with Crippen molar-refractivity contribution in [1.29, 1.82) is 0 Å². The standard InChI is InChI=1S/C13H19N3O4S/c1-9-5-7-10(8-6-9)15-21(19,20)12-4-2-3-11(14)13(12)16(17)18/h2-4,9-10,15H,5-8,14H2,1H3. The zero-order valence-corrected chi connectivity index (χ0v) is 12.6. The van der Waals surface area contributed by atoms with Crippen LogP contribution in [0.2, 0.25) is 0 Å². The SMILES string of the molecule is CC1CCC(NS(=O)(=O)c2cccc(N)c2[N+](=O)[O-])CC1. The zero-order chi connectivity index (χ0) is 15.6. The second kappa shape index (κ2) is 5.98. The first kappa shape index (κ1) is 15.7. The summed E-state index contributed by atoms with van der Waals surface area (Å²) < 4.78 is 27.3. The fourth-order valence-corrected chi connectivity index (χ4v) is 4.12. The lowest BCUT2D eigenvalue weighted by Gasteiger charge is -2.26. The molecule has 1 aliphatic rings. The summed E-state index contributed by atoms with van der Waals surface area (Å²) in [5.74, 6) is 0.590. The van der Waals surface area contributed by atoms with E-state index in [0.717, 1.165) is 25.7 Å². The maximum atomic E-state index is 12.4. The Morgan fingerprint density at radius 3 is 2.48 bits per heavy atom.